The zero-order chi connectivity index (χ0) is 20.4. The number of carbonyl (C=O) groups excluding carboxylic acids is 1. The average Bonchev–Trinajstić information content (AvgIpc) is 2.72. The van der Waals surface area contributed by atoms with Gasteiger partial charge in [0.25, 0.3) is 11.5 Å². The number of rotatable bonds is 4. The van der Waals surface area contributed by atoms with Gasteiger partial charge in [0, 0.05) is 33.9 Å². The van der Waals surface area contributed by atoms with Gasteiger partial charge in [-0.1, -0.05) is 54.1 Å². The van der Waals surface area contributed by atoms with E-state index in [1.807, 2.05) is 42.5 Å². The molecule has 0 bridgehead atoms. The van der Waals surface area contributed by atoms with Gasteiger partial charge in [-0.2, -0.15) is 0 Å². The third-order valence-corrected chi connectivity index (χ3v) is 5.03. The molecule has 0 saturated carbocycles. The Morgan fingerprint density at radius 1 is 0.966 bits per heavy atom. The van der Waals surface area contributed by atoms with Crippen LogP contribution in [0.15, 0.2) is 83.8 Å². The number of benzene rings is 3. The molecule has 0 fully saturated rings. The Kier molecular flexibility index (Phi) is 5.14. The maximum absolute atomic E-state index is 14.1. The van der Waals surface area contributed by atoms with Gasteiger partial charge in [0.15, 0.2) is 0 Å². The Morgan fingerprint density at radius 3 is 2.55 bits per heavy atom. The number of hydrogen-bond donors (Lipinski definition) is 1. The van der Waals surface area contributed by atoms with Crippen LogP contribution in [0.1, 0.15) is 15.9 Å². The number of nitrogens with one attached hydrogen (secondary N) is 1. The number of fused-ring (bicyclic) bond motifs is 1. The zero-order valence-electron chi connectivity index (χ0n) is 15.2. The Balaban J connectivity index is 1.65. The first-order valence-corrected chi connectivity index (χ1v) is 9.33. The first-order valence-electron chi connectivity index (χ1n) is 8.95. The molecule has 4 rings (SSSR count). The van der Waals surface area contributed by atoms with Crippen LogP contribution in [-0.4, -0.2) is 10.5 Å². The zero-order valence-corrected chi connectivity index (χ0v) is 16.0. The van der Waals surface area contributed by atoms with Gasteiger partial charge in [-0.05, 0) is 29.7 Å². The van der Waals surface area contributed by atoms with Crippen LogP contribution in [0.4, 0.5) is 10.1 Å². The molecule has 4 nitrogen and oxygen atoms in total. The fraction of sp³-hybridized carbons (Fsp3) is 0.0435. The van der Waals surface area contributed by atoms with Gasteiger partial charge in [0.1, 0.15) is 5.82 Å². The van der Waals surface area contributed by atoms with Crippen molar-refractivity contribution in [2.75, 3.05) is 5.32 Å². The minimum Gasteiger partial charge on any atom is -0.321 e. The standard InChI is InChI=1S/C23H16ClFN2O2/c24-19-8-4-9-20(25)18(19)14-27-13-16(11-12-22(27)28)23(29)26-21-10-3-6-15-5-1-2-7-17(15)21/h1-13H,14H2,(H,26,29). The number of amides is 1. The van der Waals surface area contributed by atoms with E-state index in [2.05, 4.69) is 5.32 Å². The summed E-state index contributed by atoms with van der Waals surface area (Å²) in [6, 6.07) is 20.4. The molecule has 0 spiro atoms. The van der Waals surface area contributed by atoms with E-state index in [9.17, 15) is 14.0 Å². The second kappa shape index (κ2) is 7.89. The number of hydrogen-bond acceptors (Lipinski definition) is 2. The summed E-state index contributed by atoms with van der Waals surface area (Å²) in [5.74, 6) is -0.871. The number of pyridine rings is 1. The smallest absolute Gasteiger partial charge is 0.257 e. The number of aromatic nitrogens is 1. The number of carbonyl (C=O) groups is 1. The summed E-state index contributed by atoms with van der Waals surface area (Å²) in [5.41, 5.74) is 0.793. The lowest BCUT2D eigenvalue weighted by molar-refractivity contribution is 0.102. The van der Waals surface area contributed by atoms with Crippen molar-refractivity contribution >= 4 is 34.0 Å². The summed E-state index contributed by atoms with van der Waals surface area (Å²) in [5, 5.41) is 5.02. The molecular formula is C23H16ClFN2O2. The molecule has 1 aromatic heterocycles. The first kappa shape index (κ1) is 18.9. The van der Waals surface area contributed by atoms with Gasteiger partial charge < -0.3 is 9.88 Å². The SMILES string of the molecule is O=C(Nc1cccc2ccccc12)c1ccc(=O)n(Cc2c(F)cccc2Cl)c1. The van der Waals surface area contributed by atoms with Crippen LogP contribution in [-0.2, 0) is 6.54 Å². The van der Waals surface area contributed by atoms with E-state index < -0.39 is 5.82 Å². The monoisotopic (exact) mass is 406 g/mol. The molecule has 0 radical (unpaired) electrons. The highest BCUT2D eigenvalue weighted by Gasteiger charge is 2.13. The summed E-state index contributed by atoms with van der Waals surface area (Å²) in [6.45, 7) is -0.0697. The van der Waals surface area contributed by atoms with Crippen LogP contribution >= 0.6 is 11.6 Å². The van der Waals surface area contributed by atoms with E-state index >= 15 is 0 Å². The van der Waals surface area contributed by atoms with Crippen LogP contribution in [0.25, 0.3) is 10.8 Å². The molecule has 0 aliphatic carbocycles. The normalized spacial score (nSPS) is 10.8. The maximum atomic E-state index is 14.1. The van der Waals surface area contributed by atoms with E-state index in [0.717, 1.165) is 10.8 Å². The van der Waals surface area contributed by atoms with E-state index in [1.54, 1.807) is 6.07 Å². The molecular weight excluding hydrogens is 391 g/mol. The first-order chi connectivity index (χ1) is 14.0. The van der Waals surface area contributed by atoms with E-state index in [-0.39, 0.29) is 34.2 Å². The number of halogens is 2. The van der Waals surface area contributed by atoms with Crippen LogP contribution < -0.4 is 10.9 Å². The Morgan fingerprint density at radius 2 is 1.72 bits per heavy atom. The lowest BCUT2D eigenvalue weighted by Gasteiger charge is -2.12. The second-order valence-corrected chi connectivity index (χ2v) is 6.97. The van der Waals surface area contributed by atoms with Crippen molar-refractivity contribution in [3.63, 3.8) is 0 Å². The molecule has 3 aromatic carbocycles. The summed E-state index contributed by atoms with van der Waals surface area (Å²) in [6.07, 6.45) is 1.41. The van der Waals surface area contributed by atoms with Crippen LogP contribution in [0.5, 0.6) is 0 Å². The fourth-order valence-electron chi connectivity index (χ4n) is 3.17. The minimum absolute atomic E-state index is 0.0697. The van der Waals surface area contributed by atoms with Crippen LogP contribution in [0.3, 0.4) is 0 Å². The van der Waals surface area contributed by atoms with Gasteiger partial charge in [-0.3, -0.25) is 9.59 Å². The Hall–Kier alpha value is -3.44. The Labute approximate surface area is 171 Å². The van der Waals surface area contributed by atoms with E-state index in [1.165, 1.54) is 35.0 Å². The van der Waals surface area contributed by atoms with Crippen molar-refractivity contribution in [2.45, 2.75) is 6.54 Å². The number of nitrogens with zero attached hydrogens (tertiary/aromatic N) is 1. The molecule has 144 valence electrons. The van der Waals surface area contributed by atoms with Crippen molar-refractivity contribution in [2.24, 2.45) is 0 Å². The highest BCUT2D eigenvalue weighted by atomic mass is 35.5. The highest BCUT2D eigenvalue weighted by molar-refractivity contribution is 6.31. The van der Waals surface area contributed by atoms with Crippen molar-refractivity contribution in [1.29, 1.82) is 0 Å². The van der Waals surface area contributed by atoms with Gasteiger partial charge in [0.2, 0.25) is 0 Å². The van der Waals surface area contributed by atoms with Gasteiger partial charge >= 0.3 is 0 Å². The summed E-state index contributed by atoms with van der Waals surface area (Å²) >= 11 is 6.06. The highest BCUT2D eigenvalue weighted by Crippen LogP contribution is 2.24. The molecule has 0 atom stereocenters. The van der Waals surface area contributed by atoms with E-state index in [0.29, 0.717) is 5.69 Å². The molecule has 1 N–H and O–H groups in total. The molecule has 0 aliphatic heterocycles. The van der Waals surface area contributed by atoms with Gasteiger partial charge in [-0.25, -0.2) is 4.39 Å². The Bertz CT molecular complexity index is 1260. The molecule has 0 unspecified atom stereocenters. The predicted molar refractivity (Wildman–Crippen MR) is 113 cm³/mol. The molecule has 29 heavy (non-hydrogen) atoms. The third kappa shape index (κ3) is 3.91. The predicted octanol–water partition coefficient (Wildman–Crippen LogP) is 5.09. The maximum Gasteiger partial charge on any atom is 0.257 e. The van der Waals surface area contributed by atoms with Crippen molar-refractivity contribution < 1.29 is 9.18 Å². The number of anilines is 1. The van der Waals surface area contributed by atoms with Crippen LogP contribution in [0, 0.1) is 5.82 Å². The van der Waals surface area contributed by atoms with Crippen molar-refractivity contribution in [3.8, 4) is 0 Å². The molecule has 0 saturated heterocycles. The summed E-state index contributed by atoms with van der Waals surface area (Å²) in [4.78, 5) is 25.0. The van der Waals surface area contributed by atoms with E-state index in [4.69, 9.17) is 11.6 Å². The second-order valence-electron chi connectivity index (χ2n) is 6.56. The van der Waals surface area contributed by atoms with Gasteiger partial charge in [-0.15, -0.1) is 0 Å². The fourth-order valence-corrected chi connectivity index (χ4v) is 3.39. The topological polar surface area (TPSA) is 51.1 Å². The molecule has 1 heterocycles. The lowest BCUT2D eigenvalue weighted by atomic mass is 10.1. The van der Waals surface area contributed by atoms with Gasteiger partial charge in [0.05, 0.1) is 12.1 Å². The summed E-state index contributed by atoms with van der Waals surface area (Å²) < 4.78 is 15.3. The lowest BCUT2D eigenvalue weighted by Crippen LogP contribution is -2.23. The van der Waals surface area contributed by atoms with Crippen molar-refractivity contribution in [3.05, 3.63) is 111 Å². The van der Waals surface area contributed by atoms with Crippen molar-refractivity contribution in [1.82, 2.24) is 4.57 Å². The molecule has 0 aliphatic rings. The molecule has 1 amide bonds. The average molecular weight is 407 g/mol. The molecule has 4 aromatic rings. The quantitative estimate of drug-likeness (QED) is 0.513. The third-order valence-electron chi connectivity index (χ3n) is 4.67. The van der Waals surface area contributed by atoms with Crippen LogP contribution in [0.2, 0.25) is 5.02 Å². The largest absolute Gasteiger partial charge is 0.321 e. The minimum atomic E-state index is -0.505. The summed E-state index contributed by atoms with van der Waals surface area (Å²) in [7, 11) is 0. The molecule has 6 heteroatoms.